The number of aromatic hydroxyl groups is 4. The van der Waals surface area contributed by atoms with Crippen molar-refractivity contribution in [2.75, 3.05) is 6.61 Å². The van der Waals surface area contributed by atoms with Gasteiger partial charge < -0.3 is 70.0 Å². The van der Waals surface area contributed by atoms with E-state index >= 15 is 0 Å². The van der Waals surface area contributed by atoms with E-state index in [1.54, 1.807) is 0 Å². The average molecular weight is 596 g/mol. The number of ether oxygens (including phenoxy) is 4. The molecule has 0 saturated carbocycles. The van der Waals surface area contributed by atoms with Crippen molar-refractivity contribution in [2.45, 2.75) is 68.3 Å². The van der Waals surface area contributed by atoms with E-state index in [0.717, 1.165) is 12.1 Å². The summed E-state index contributed by atoms with van der Waals surface area (Å²) >= 11 is 0. The Hall–Kier alpha value is -3.51. The van der Waals surface area contributed by atoms with Crippen LogP contribution in [0.15, 0.2) is 40.8 Å². The van der Waals surface area contributed by atoms with Crippen LogP contribution in [0.4, 0.5) is 0 Å². The second kappa shape index (κ2) is 11.6. The Morgan fingerprint density at radius 1 is 0.762 bits per heavy atom. The molecule has 0 aliphatic carbocycles. The molecule has 0 amide bonds. The number of hydrogen-bond donors (Lipinski definition) is 10. The number of benzene rings is 2. The molecule has 0 bridgehead atoms. The molecule has 10 atom stereocenters. The van der Waals surface area contributed by atoms with Crippen molar-refractivity contribution in [1.82, 2.24) is 0 Å². The first-order valence-corrected chi connectivity index (χ1v) is 12.9. The maximum Gasteiger partial charge on any atom is 0.402 e. The van der Waals surface area contributed by atoms with Crippen molar-refractivity contribution in [3.63, 3.8) is 0 Å². The van der Waals surface area contributed by atoms with Crippen molar-refractivity contribution in [2.24, 2.45) is 0 Å². The van der Waals surface area contributed by atoms with Crippen LogP contribution in [0, 0.1) is 0 Å². The standard InChI is InChI=1S/C27H30O15/c1-9-24(42-27-22(36)20(34)19(33)18(8-28)41-27)21(35)23(37)26(38-9)40-17-7-12-14(31)5-11(29)6-16(12)39-25(17)10-2-3-13(30)15(32)4-10/h2-7,9,18-24,26-28,33-37H,8H2,1H3,(H3-,29,30,31,32)/p+1/t9-,18+,19+,20-,21-,22+,23+,24-,26-,27-/m1/s1. The minimum atomic E-state index is -1.79. The fourth-order valence-corrected chi connectivity index (χ4v) is 4.89. The Morgan fingerprint density at radius 2 is 1.48 bits per heavy atom. The summed E-state index contributed by atoms with van der Waals surface area (Å²) in [5, 5.41) is 102. The van der Waals surface area contributed by atoms with Gasteiger partial charge in [0, 0.05) is 18.2 Å². The molecular formula is C27H31O15+. The average Bonchev–Trinajstić information content (AvgIpc) is 2.95. The summed E-state index contributed by atoms with van der Waals surface area (Å²) < 4.78 is 28.5. The molecule has 5 rings (SSSR count). The first kappa shape index (κ1) is 30.0. The zero-order valence-corrected chi connectivity index (χ0v) is 22.0. The minimum Gasteiger partial charge on any atom is -0.507 e. The van der Waals surface area contributed by atoms with Crippen LogP contribution in [0.25, 0.3) is 22.3 Å². The van der Waals surface area contributed by atoms with Crippen LogP contribution in [0.5, 0.6) is 28.7 Å². The predicted molar refractivity (Wildman–Crippen MR) is 138 cm³/mol. The van der Waals surface area contributed by atoms with E-state index in [4.69, 9.17) is 23.4 Å². The summed E-state index contributed by atoms with van der Waals surface area (Å²) in [6.45, 7) is 0.758. The molecule has 228 valence electrons. The van der Waals surface area contributed by atoms with E-state index in [2.05, 4.69) is 0 Å². The molecule has 0 unspecified atom stereocenters. The van der Waals surface area contributed by atoms with Crippen LogP contribution in [0.1, 0.15) is 6.92 Å². The second-order valence-electron chi connectivity index (χ2n) is 10.1. The number of aliphatic hydroxyl groups is 6. The smallest absolute Gasteiger partial charge is 0.402 e. The van der Waals surface area contributed by atoms with Crippen LogP contribution in [0.3, 0.4) is 0 Å². The van der Waals surface area contributed by atoms with Crippen LogP contribution < -0.4 is 4.74 Å². The molecule has 42 heavy (non-hydrogen) atoms. The molecule has 2 saturated heterocycles. The number of aliphatic hydroxyl groups excluding tert-OH is 6. The lowest BCUT2D eigenvalue weighted by molar-refractivity contribution is -0.348. The van der Waals surface area contributed by atoms with Crippen molar-refractivity contribution in [3.8, 4) is 40.1 Å². The fraction of sp³-hybridized carbons (Fsp3) is 0.444. The molecule has 0 spiro atoms. The van der Waals surface area contributed by atoms with E-state index < -0.39 is 79.5 Å². The molecule has 15 heteroatoms. The highest BCUT2D eigenvalue weighted by Gasteiger charge is 2.50. The molecule has 2 aliphatic rings. The van der Waals surface area contributed by atoms with Crippen LogP contribution in [0.2, 0.25) is 0 Å². The molecule has 1 aromatic heterocycles. The van der Waals surface area contributed by atoms with Gasteiger partial charge in [-0.2, -0.15) is 0 Å². The fourth-order valence-electron chi connectivity index (χ4n) is 4.89. The number of phenolic OH excluding ortho intramolecular Hbond substituents is 4. The maximum absolute atomic E-state index is 10.9. The van der Waals surface area contributed by atoms with E-state index in [-0.39, 0.29) is 39.5 Å². The molecule has 2 aromatic carbocycles. The Bertz CT molecular complexity index is 1430. The van der Waals surface area contributed by atoms with Gasteiger partial charge in [-0.15, -0.1) is 0 Å². The number of hydrogen-bond acceptors (Lipinski definition) is 14. The highest BCUT2D eigenvalue weighted by molar-refractivity contribution is 5.88. The Morgan fingerprint density at radius 3 is 2.17 bits per heavy atom. The van der Waals surface area contributed by atoms with Gasteiger partial charge in [0.15, 0.2) is 17.8 Å². The van der Waals surface area contributed by atoms with Crippen molar-refractivity contribution < 1.29 is 74.4 Å². The van der Waals surface area contributed by atoms with E-state index in [9.17, 15) is 51.1 Å². The minimum absolute atomic E-state index is 0.0221. The van der Waals surface area contributed by atoms with E-state index in [1.807, 2.05) is 0 Å². The molecule has 10 N–H and O–H groups in total. The third-order valence-electron chi connectivity index (χ3n) is 7.21. The summed E-state index contributed by atoms with van der Waals surface area (Å²) in [6, 6.07) is 7.34. The molecule has 0 radical (unpaired) electrons. The van der Waals surface area contributed by atoms with Crippen LogP contribution >= 0.6 is 0 Å². The largest absolute Gasteiger partial charge is 0.507 e. The van der Waals surface area contributed by atoms with E-state index in [0.29, 0.717) is 0 Å². The third kappa shape index (κ3) is 5.49. The molecule has 2 aliphatic heterocycles. The lowest BCUT2D eigenvalue weighted by Gasteiger charge is -2.45. The highest BCUT2D eigenvalue weighted by Crippen LogP contribution is 2.42. The second-order valence-corrected chi connectivity index (χ2v) is 10.1. The van der Waals surface area contributed by atoms with Crippen molar-refractivity contribution >= 4 is 11.0 Å². The molecule has 2 fully saturated rings. The lowest BCUT2D eigenvalue weighted by Crippen LogP contribution is -2.64. The van der Waals surface area contributed by atoms with Gasteiger partial charge in [-0.05, 0) is 19.1 Å². The summed E-state index contributed by atoms with van der Waals surface area (Å²) in [4.78, 5) is 0. The summed E-state index contributed by atoms with van der Waals surface area (Å²) in [5.74, 6) is -1.77. The van der Waals surface area contributed by atoms with Crippen LogP contribution in [-0.2, 0) is 14.2 Å². The Labute approximate surface area is 237 Å². The van der Waals surface area contributed by atoms with Gasteiger partial charge in [-0.1, -0.05) is 0 Å². The predicted octanol–water partition coefficient (Wildman–Crippen LogP) is -0.766. The summed E-state index contributed by atoms with van der Waals surface area (Å²) in [6.07, 6.45) is -15.4. The topological polar surface area (TPSA) is 251 Å². The van der Waals surface area contributed by atoms with E-state index in [1.165, 1.54) is 31.2 Å². The third-order valence-corrected chi connectivity index (χ3v) is 7.21. The normalized spacial score (nSPS) is 33.5. The zero-order valence-electron chi connectivity index (χ0n) is 22.0. The summed E-state index contributed by atoms with van der Waals surface area (Å²) in [5.41, 5.74) is 0.210. The first-order valence-electron chi connectivity index (χ1n) is 12.9. The summed E-state index contributed by atoms with van der Waals surface area (Å²) in [7, 11) is 0. The monoisotopic (exact) mass is 595 g/mol. The number of rotatable bonds is 6. The Kier molecular flexibility index (Phi) is 8.30. The first-order chi connectivity index (χ1) is 19.9. The van der Waals surface area contributed by atoms with Gasteiger partial charge >= 0.3 is 11.3 Å². The van der Waals surface area contributed by atoms with Crippen molar-refractivity contribution in [3.05, 3.63) is 36.4 Å². The number of fused-ring (bicyclic) bond motifs is 1. The van der Waals surface area contributed by atoms with Gasteiger partial charge in [0.25, 0.3) is 0 Å². The van der Waals surface area contributed by atoms with Gasteiger partial charge in [-0.3, -0.25) is 0 Å². The van der Waals surface area contributed by atoms with Crippen LogP contribution in [-0.4, -0.2) is 119 Å². The molecule has 3 aromatic rings. The Balaban J connectivity index is 1.43. The maximum atomic E-state index is 10.9. The van der Waals surface area contributed by atoms with Gasteiger partial charge in [-0.25, -0.2) is 4.42 Å². The van der Waals surface area contributed by atoms with Gasteiger partial charge in [0.2, 0.25) is 12.0 Å². The quantitative estimate of drug-likeness (QED) is 0.124. The molecular weight excluding hydrogens is 564 g/mol. The van der Waals surface area contributed by atoms with Crippen molar-refractivity contribution in [1.29, 1.82) is 0 Å². The van der Waals surface area contributed by atoms with Gasteiger partial charge in [0.1, 0.15) is 59.6 Å². The number of phenols is 4. The zero-order chi connectivity index (χ0) is 30.5. The SMILES string of the molecule is C[C@H]1O[C@H](Oc2cc3c(O)cc(O)cc3[o+]c2-c2ccc(O)c(O)c2)[C@@H](O)[C@@H](O)[C@@H]1O[C@H]1O[C@@H](CO)[C@H](O)[C@@H](O)[C@@H]1O. The molecule has 15 nitrogen and oxygen atoms in total. The highest BCUT2D eigenvalue weighted by atomic mass is 16.7. The molecule has 3 heterocycles. The van der Waals surface area contributed by atoms with Gasteiger partial charge in [0.05, 0.1) is 24.3 Å². The lowest BCUT2D eigenvalue weighted by atomic mass is 9.97.